The van der Waals surface area contributed by atoms with Gasteiger partial charge < -0.3 is 25.6 Å². The largest absolute Gasteiger partial charge is 0.444 e. The van der Waals surface area contributed by atoms with Crippen LogP contribution in [0.4, 0.5) is 4.79 Å². The van der Waals surface area contributed by atoms with Crippen molar-refractivity contribution in [1.29, 1.82) is 0 Å². The first-order valence-electron chi connectivity index (χ1n) is 14.6. The van der Waals surface area contributed by atoms with E-state index in [0.29, 0.717) is 32.4 Å². The number of fused-ring (bicyclic) bond motifs is 1. The van der Waals surface area contributed by atoms with E-state index in [2.05, 4.69) is 16.0 Å². The second-order valence-electron chi connectivity index (χ2n) is 12.1. The number of likely N-dealkylation sites (N-methyl/N-ethyl adjacent to an activating group) is 1. The Hall–Kier alpha value is -3.92. The summed E-state index contributed by atoms with van der Waals surface area (Å²) >= 11 is 0. The fourth-order valence-corrected chi connectivity index (χ4v) is 5.61. The molecule has 42 heavy (non-hydrogen) atoms. The number of hydrogen-bond donors (Lipinski definition) is 3. The average Bonchev–Trinajstić information content (AvgIpc) is 3.39. The number of ether oxygens (including phenoxy) is 1. The summed E-state index contributed by atoms with van der Waals surface area (Å²) in [5.41, 5.74) is 0.137. The van der Waals surface area contributed by atoms with Gasteiger partial charge in [-0.15, -0.1) is 0 Å². The third-order valence-electron chi connectivity index (χ3n) is 8.04. The number of nitrogens with one attached hydrogen (secondary N) is 3. The number of benzene rings is 2. The van der Waals surface area contributed by atoms with Gasteiger partial charge in [-0.2, -0.15) is 0 Å². The zero-order valence-corrected chi connectivity index (χ0v) is 25.2. The number of rotatable bonds is 7. The van der Waals surface area contributed by atoms with Crippen LogP contribution in [0.15, 0.2) is 60.7 Å². The maximum atomic E-state index is 14.2. The number of hydrogen-bond acceptors (Lipinski definition) is 6. The van der Waals surface area contributed by atoms with Gasteiger partial charge in [0.1, 0.15) is 23.2 Å². The molecule has 0 saturated carbocycles. The Balaban J connectivity index is 1.53. The van der Waals surface area contributed by atoms with Gasteiger partial charge in [-0.3, -0.25) is 19.3 Å². The van der Waals surface area contributed by atoms with Crippen molar-refractivity contribution < 1.29 is 23.9 Å². The van der Waals surface area contributed by atoms with Crippen molar-refractivity contribution in [1.82, 2.24) is 25.8 Å². The summed E-state index contributed by atoms with van der Waals surface area (Å²) in [5.74, 6) is -1.00. The minimum absolute atomic E-state index is 0.210. The van der Waals surface area contributed by atoms with Gasteiger partial charge in [-0.05, 0) is 64.6 Å². The summed E-state index contributed by atoms with van der Waals surface area (Å²) in [6.45, 7) is 7.99. The topological polar surface area (TPSA) is 120 Å². The molecule has 2 aliphatic rings. The maximum absolute atomic E-state index is 14.2. The van der Waals surface area contributed by atoms with Gasteiger partial charge >= 0.3 is 6.09 Å². The summed E-state index contributed by atoms with van der Waals surface area (Å²) in [6, 6.07) is 17.4. The lowest BCUT2D eigenvalue weighted by Gasteiger charge is -2.42. The molecule has 4 amide bonds. The van der Waals surface area contributed by atoms with Gasteiger partial charge in [0.25, 0.3) is 0 Å². The first-order chi connectivity index (χ1) is 19.9. The third kappa shape index (κ3) is 6.92. The fourth-order valence-electron chi connectivity index (χ4n) is 5.61. The molecular formula is C32H43N5O5. The number of amides is 4. The molecular weight excluding hydrogens is 534 g/mol. The van der Waals surface area contributed by atoms with Crippen molar-refractivity contribution in [2.75, 3.05) is 26.7 Å². The van der Waals surface area contributed by atoms with E-state index in [-0.39, 0.29) is 24.4 Å². The van der Waals surface area contributed by atoms with Gasteiger partial charge in [-0.25, -0.2) is 4.79 Å². The first kappa shape index (κ1) is 31.0. The molecule has 2 aliphatic heterocycles. The van der Waals surface area contributed by atoms with Crippen molar-refractivity contribution in [3.63, 3.8) is 0 Å². The van der Waals surface area contributed by atoms with Crippen LogP contribution in [0.1, 0.15) is 64.1 Å². The monoisotopic (exact) mass is 577 g/mol. The van der Waals surface area contributed by atoms with Gasteiger partial charge in [-0.1, -0.05) is 60.7 Å². The summed E-state index contributed by atoms with van der Waals surface area (Å²) in [4.78, 5) is 56.7. The zero-order chi connectivity index (χ0) is 30.5. The normalized spacial score (nSPS) is 21.5. The Morgan fingerprint density at radius 2 is 1.62 bits per heavy atom. The molecule has 0 unspecified atom stereocenters. The van der Waals surface area contributed by atoms with Crippen molar-refractivity contribution in [2.45, 2.75) is 76.2 Å². The molecule has 0 aromatic heterocycles. The lowest BCUT2D eigenvalue weighted by molar-refractivity contribution is -0.149. The van der Waals surface area contributed by atoms with E-state index in [1.807, 2.05) is 60.7 Å². The quantitative estimate of drug-likeness (QED) is 0.466. The van der Waals surface area contributed by atoms with E-state index >= 15 is 0 Å². The van der Waals surface area contributed by atoms with Crippen LogP contribution in [-0.4, -0.2) is 83.5 Å². The van der Waals surface area contributed by atoms with E-state index in [4.69, 9.17) is 4.74 Å². The fraction of sp³-hybridized carbons (Fsp3) is 0.500. The maximum Gasteiger partial charge on any atom is 0.410 e. The highest BCUT2D eigenvalue weighted by molar-refractivity contribution is 5.96. The van der Waals surface area contributed by atoms with E-state index in [1.54, 1.807) is 32.6 Å². The van der Waals surface area contributed by atoms with Crippen LogP contribution in [0.3, 0.4) is 0 Å². The van der Waals surface area contributed by atoms with Crippen LogP contribution in [0, 0.1) is 0 Å². The Bertz CT molecular complexity index is 1230. The molecule has 2 heterocycles. The van der Waals surface area contributed by atoms with Crippen LogP contribution in [-0.2, 0) is 19.1 Å². The number of carbonyl (C=O) groups is 4. The molecule has 2 aromatic rings. The second-order valence-corrected chi connectivity index (χ2v) is 12.1. The molecule has 0 aliphatic carbocycles. The Labute approximate surface area is 248 Å². The standard InChI is InChI=1S/C32H43N5O5/c1-22(36(5)30(41)42-31(2,3)4)27(38)34-25-21-33-19-18-32(17-12-20-37(32)28(25)39)29(40)35-26(23-13-8-6-9-14-23)24-15-10-7-11-16-24/h6-11,13-16,22,25-26,33H,12,17-21H2,1-5H3,(H,34,38)(H,35,40)/t22-,25+,32+/m0/s1. The smallest absolute Gasteiger partial charge is 0.410 e. The Kier molecular flexibility index (Phi) is 9.56. The predicted molar refractivity (Wildman–Crippen MR) is 159 cm³/mol. The molecule has 3 atom stereocenters. The van der Waals surface area contributed by atoms with Gasteiger partial charge in [0.15, 0.2) is 0 Å². The van der Waals surface area contributed by atoms with Crippen molar-refractivity contribution in [2.24, 2.45) is 0 Å². The van der Waals surface area contributed by atoms with Gasteiger partial charge in [0, 0.05) is 20.1 Å². The lowest BCUT2D eigenvalue weighted by Crippen LogP contribution is -2.66. The lowest BCUT2D eigenvalue weighted by atomic mass is 9.87. The highest BCUT2D eigenvalue weighted by atomic mass is 16.6. The minimum atomic E-state index is -1.05. The van der Waals surface area contributed by atoms with Crippen molar-refractivity contribution in [3.05, 3.63) is 71.8 Å². The molecule has 0 spiro atoms. The zero-order valence-electron chi connectivity index (χ0n) is 25.2. The molecule has 2 saturated heterocycles. The van der Waals surface area contributed by atoms with Gasteiger partial charge in [0.05, 0.1) is 6.04 Å². The molecule has 2 fully saturated rings. The second kappa shape index (κ2) is 12.9. The molecule has 0 radical (unpaired) electrons. The molecule has 4 rings (SSSR count). The van der Waals surface area contributed by atoms with Crippen LogP contribution in [0.2, 0.25) is 0 Å². The Morgan fingerprint density at radius 3 is 2.19 bits per heavy atom. The number of carbonyl (C=O) groups excluding carboxylic acids is 4. The van der Waals surface area contributed by atoms with Gasteiger partial charge in [0.2, 0.25) is 17.7 Å². The molecule has 10 heteroatoms. The van der Waals surface area contributed by atoms with E-state index in [1.165, 1.54) is 11.9 Å². The summed E-state index contributed by atoms with van der Waals surface area (Å²) in [7, 11) is 1.49. The molecule has 10 nitrogen and oxygen atoms in total. The highest BCUT2D eigenvalue weighted by Crippen LogP contribution is 2.35. The summed E-state index contributed by atoms with van der Waals surface area (Å²) in [6.07, 6.45) is 1.04. The number of nitrogens with zero attached hydrogens (tertiary/aromatic N) is 2. The van der Waals surface area contributed by atoms with Crippen molar-refractivity contribution in [3.8, 4) is 0 Å². The SMILES string of the molecule is C[C@@H](C(=O)N[C@@H]1CNCC[C@@]2(C(=O)NC(c3ccccc3)c3ccccc3)CCCN2C1=O)N(C)C(=O)OC(C)(C)C. The minimum Gasteiger partial charge on any atom is -0.444 e. The van der Waals surface area contributed by atoms with E-state index < -0.39 is 35.2 Å². The van der Waals surface area contributed by atoms with Crippen LogP contribution in [0.25, 0.3) is 0 Å². The van der Waals surface area contributed by atoms with Crippen LogP contribution >= 0.6 is 0 Å². The summed E-state index contributed by atoms with van der Waals surface area (Å²) < 4.78 is 5.39. The third-order valence-corrected chi connectivity index (χ3v) is 8.04. The molecule has 3 N–H and O–H groups in total. The highest BCUT2D eigenvalue weighted by Gasteiger charge is 2.52. The average molecular weight is 578 g/mol. The van der Waals surface area contributed by atoms with E-state index in [9.17, 15) is 19.2 Å². The van der Waals surface area contributed by atoms with Crippen LogP contribution < -0.4 is 16.0 Å². The molecule has 2 aromatic carbocycles. The van der Waals surface area contributed by atoms with E-state index in [0.717, 1.165) is 11.1 Å². The Morgan fingerprint density at radius 1 is 1.02 bits per heavy atom. The molecule has 226 valence electrons. The first-order valence-corrected chi connectivity index (χ1v) is 14.6. The predicted octanol–water partition coefficient (Wildman–Crippen LogP) is 2.99. The van der Waals surface area contributed by atoms with Crippen LogP contribution in [0.5, 0.6) is 0 Å². The molecule has 0 bridgehead atoms. The van der Waals surface area contributed by atoms with Crippen molar-refractivity contribution >= 4 is 23.8 Å². The summed E-state index contributed by atoms with van der Waals surface area (Å²) in [5, 5.41) is 9.34.